The van der Waals surface area contributed by atoms with Crippen molar-refractivity contribution in [1.82, 2.24) is 14.8 Å². The molecule has 0 bridgehead atoms. The van der Waals surface area contributed by atoms with Gasteiger partial charge in [0.1, 0.15) is 5.82 Å². The molecule has 1 saturated heterocycles. The van der Waals surface area contributed by atoms with Gasteiger partial charge in [0.15, 0.2) is 11.6 Å². The first-order valence-electron chi connectivity index (χ1n) is 9.64. The summed E-state index contributed by atoms with van der Waals surface area (Å²) in [6.07, 6.45) is 0.625. The van der Waals surface area contributed by atoms with Gasteiger partial charge in [-0.05, 0) is 37.6 Å². The van der Waals surface area contributed by atoms with E-state index in [4.69, 9.17) is 16.2 Å². The Kier molecular flexibility index (Phi) is 5.27. The van der Waals surface area contributed by atoms with Gasteiger partial charge in [-0.15, -0.1) is 0 Å². The van der Waals surface area contributed by atoms with Crippen molar-refractivity contribution in [3.8, 4) is 0 Å². The van der Waals surface area contributed by atoms with Gasteiger partial charge in [0.25, 0.3) is 5.91 Å². The van der Waals surface area contributed by atoms with Crippen LogP contribution < -0.4 is 22.1 Å². The highest BCUT2D eigenvalue weighted by Gasteiger charge is 2.25. The molecule has 3 heterocycles. The van der Waals surface area contributed by atoms with Gasteiger partial charge in [0, 0.05) is 36.8 Å². The van der Waals surface area contributed by atoms with Crippen LogP contribution in [0.5, 0.6) is 0 Å². The third kappa shape index (κ3) is 3.79. The van der Waals surface area contributed by atoms with Crippen molar-refractivity contribution < 1.29 is 13.9 Å². The van der Waals surface area contributed by atoms with Gasteiger partial charge in [-0.1, -0.05) is 0 Å². The van der Waals surface area contributed by atoms with Gasteiger partial charge in [-0.25, -0.2) is 9.37 Å². The van der Waals surface area contributed by atoms with E-state index in [0.717, 1.165) is 22.7 Å². The Balaban J connectivity index is 1.68. The minimum Gasteiger partial charge on any atom is -0.380 e. The maximum Gasteiger partial charge on any atom is 0.252 e. The Morgan fingerprint density at radius 1 is 1.33 bits per heavy atom. The number of pyridine rings is 1. The maximum absolute atomic E-state index is 14.6. The molecule has 0 unspecified atom stereocenters. The molecule has 10 heteroatoms. The van der Waals surface area contributed by atoms with E-state index in [1.165, 1.54) is 0 Å². The number of nitrogens with one attached hydrogen (secondary N) is 2. The number of fused-ring (bicyclic) bond motifs is 1. The number of anilines is 3. The summed E-state index contributed by atoms with van der Waals surface area (Å²) in [5.74, 6) is -1.29. The van der Waals surface area contributed by atoms with Crippen LogP contribution in [0.15, 0.2) is 24.3 Å². The quantitative estimate of drug-likeness (QED) is 0.501. The number of primary amides is 1. The third-order valence-electron chi connectivity index (χ3n) is 5.26. The first kappa shape index (κ1) is 20.0. The van der Waals surface area contributed by atoms with Crippen LogP contribution in [0.2, 0.25) is 0 Å². The maximum atomic E-state index is 14.6. The Hall–Kier alpha value is -3.24. The summed E-state index contributed by atoms with van der Waals surface area (Å²) in [6, 6.07) is 6.24. The number of amides is 1. The second-order valence-electron chi connectivity index (χ2n) is 7.42. The minimum atomic E-state index is -0.781. The lowest BCUT2D eigenvalue weighted by molar-refractivity contribution is 0.0751. The minimum absolute atomic E-state index is 0.00323. The number of halogens is 1. The molecule has 158 valence electrons. The van der Waals surface area contributed by atoms with Crippen molar-refractivity contribution in [1.29, 1.82) is 0 Å². The molecule has 2 atom stereocenters. The largest absolute Gasteiger partial charge is 0.380 e. The predicted molar refractivity (Wildman–Crippen MR) is 112 cm³/mol. The fraction of sp³-hybridized carbons (Fsp3) is 0.350. The summed E-state index contributed by atoms with van der Waals surface area (Å²) in [6.45, 7) is 2.83. The average Bonchev–Trinajstić information content (AvgIpc) is 2.99. The van der Waals surface area contributed by atoms with E-state index in [1.807, 2.05) is 32.2 Å². The highest BCUT2D eigenvalue weighted by Crippen LogP contribution is 2.28. The number of aromatic nitrogens is 3. The molecule has 1 fully saturated rings. The number of hydrogen-bond donors (Lipinski definition) is 4. The lowest BCUT2D eigenvalue weighted by Crippen LogP contribution is -2.47. The molecule has 2 aromatic heterocycles. The standard InChI is InChI=1S/C20H24FN7O2/c1-10-12-7-11(3-4-17(12)28(2)27-10)24-19-13(18(23)29)8-14(21)20(26-19)25-16-5-6-30-9-15(16)22/h3-4,7-8,15-16H,5-6,9,22H2,1-2H3,(H2,23,29)(H2,24,25,26)/t15-,16+/m0/s1. The molecule has 30 heavy (non-hydrogen) atoms. The van der Waals surface area contributed by atoms with Crippen LogP contribution in [0, 0.1) is 12.7 Å². The molecule has 9 nitrogen and oxygen atoms in total. The smallest absolute Gasteiger partial charge is 0.252 e. The molecular weight excluding hydrogens is 389 g/mol. The Morgan fingerprint density at radius 2 is 2.13 bits per heavy atom. The number of carbonyl (C=O) groups excluding carboxylic acids is 1. The van der Waals surface area contributed by atoms with E-state index in [1.54, 1.807) is 4.68 Å². The third-order valence-corrected chi connectivity index (χ3v) is 5.26. The van der Waals surface area contributed by atoms with Crippen LogP contribution in [0.4, 0.5) is 21.7 Å². The summed E-state index contributed by atoms with van der Waals surface area (Å²) in [4.78, 5) is 16.2. The van der Waals surface area contributed by atoms with E-state index in [2.05, 4.69) is 20.7 Å². The zero-order valence-corrected chi connectivity index (χ0v) is 16.8. The number of carbonyl (C=O) groups is 1. The van der Waals surface area contributed by atoms with Gasteiger partial charge in [0.05, 0.1) is 23.4 Å². The topological polar surface area (TPSA) is 133 Å². The zero-order valence-electron chi connectivity index (χ0n) is 16.8. The van der Waals surface area contributed by atoms with Crippen LogP contribution in [0.25, 0.3) is 10.9 Å². The predicted octanol–water partition coefficient (Wildman–Crippen LogP) is 1.79. The molecule has 0 radical (unpaired) electrons. The number of aryl methyl sites for hydroxylation is 2. The highest BCUT2D eigenvalue weighted by molar-refractivity contribution is 5.99. The fourth-order valence-electron chi connectivity index (χ4n) is 3.64. The molecule has 1 aromatic carbocycles. The van der Waals surface area contributed by atoms with Gasteiger partial charge < -0.3 is 26.8 Å². The monoisotopic (exact) mass is 413 g/mol. The van der Waals surface area contributed by atoms with Crippen molar-refractivity contribution in [3.05, 3.63) is 41.3 Å². The summed E-state index contributed by atoms with van der Waals surface area (Å²) >= 11 is 0. The summed E-state index contributed by atoms with van der Waals surface area (Å²) in [7, 11) is 1.87. The van der Waals surface area contributed by atoms with E-state index in [0.29, 0.717) is 25.3 Å². The molecule has 4 rings (SSSR count). The fourth-order valence-corrected chi connectivity index (χ4v) is 3.64. The Bertz CT molecular complexity index is 1110. The zero-order chi connectivity index (χ0) is 21.4. The van der Waals surface area contributed by atoms with E-state index >= 15 is 0 Å². The molecule has 3 aromatic rings. The molecule has 1 amide bonds. The normalized spacial score (nSPS) is 19.1. The van der Waals surface area contributed by atoms with Gasteiger partial charge in [-0.2, -0.15) is 5.10 Å². The molecule has 6 N–H and O–H groups in total. The van der Waals surface area contributed by atoms with Crippen LogP contribution in [-0.4, -0.2) is 46.0 Å². The Labute approximate surface area is 172 Å². The van der Waals surface area contributed by atoms with Gasteiger partial charge in [0.2, 0.25) is 0 Å². The van der Waals surface area contributed by atoms with Crippen molar-refractivity contribution in [2.75, 3.05) is 23.8 Å². The molecule has 1 aliphatic heterocycles. The summed E-state index contributed by atoms with van der Waals surface area (Å²) in [5.41, 5.74) is 14.0. The number of nitrogens with two attached hydrogens (primary N) is 2. The Morgan fingerprint density at radius 3 is 2.87 bits per heavy atom. The average molecular weight is 413 g/mol. The molecule has 0 saturated carbocycles. The van der Waals surface area contributed by atoms with E-state index < -0.39 is 11.7 Å². The second-order valence-corrected chi connectivity index (χ2v) is 7.42. The van der Waals surface area contributed by atoms with Crippen molar-refractivity contribution in [3.63, 3.8) is 0 Å². The van der Waals surface area contributed by atoms with Crippen LogP contribution in [-0.2, 0) is 11.8 Å². The van der Waals surface area contributed by atoms with Gasteiger partial charge >= 0.3 is 0 Å². The van der Waals surface area contributed by atoms with E-state index in [-0.39, 0.29) is 29.3 Å². The molecule has 1 aliphatic rings. The van der Waals surface area contributed by atoms with Crippen molar-refractivity contribution in [2.24, 2.45) is 18.5 Å². The molecule has 0 spiro atoms. The first-order valence-corrected chi connectivity index (χ1v) is 9.64. The summed E-state index contributed by atoms with van der Waals surface area (Å²) < 4.78 is 21.7. The number of nitrogens with zero attached hydrogens (tertiary/aromatic N) is 3. The lowest BCUT2D eigenvalue weighted by atomic mass is 10.0. The second kappa shape index (κ2) is 7.88. The van der Waals surface area contributed by atoms with Crippen molar-refractivity contribution >= 4 is 34.1 Å². The highest BCUT2D eigenvalue weighted by atomic mass is 19.1. The summed E-state index contributed by atoms with van der Waals surface area (Å²) in [5, 5.41) is 11.5. The lowest BCUT2D eigenvalue weighted by Gasteiger charge is -2.30. The first-order chi connectivity index (χ1) is 14.3. The van der Waals surface area contributed by atoms with Crippen LogP contribution >= 0.6 is 0 Å². The molecule has 0 aliphatic carbocycles. The van der Waals surface area contributed by atoms with E-state index in [9.17, 15) is 9.18 Å². The van der Waals surface area contributed by atoms with Crippen LogP contribution in [0.3, 0.4) is 0 Å². The molecular formula is C20H24FN7O2. The number of hydrogen-bond acceptors (Lipinski definition) is 7. The number of ether oxygens (including phenoxy) is 1. The van der Waals surface area contributed by atoms with Crippen molar-refractivity contribution in [2.45, 2.75) is 25.4 Å². The number of rotatable bonds is 5. The SMILES string of the molecule is Cc1nn(C)c2ccc(Nc3nc(N[C@@H]4CCOC[C@@H]4N)c(F)cc3C(N)=O)cc12. The van der Waals surface area contributed by atoms with Crippen LogP contribution in [0.1, 0.15) is 22.5 Å². The van der Waals surface area contributed by atoms with Gasteiger partial charge in [-0.3, -0.25) is 9.48 Å². The number of benzene rings is 1.